The van der Waals surface area contributed by atoms with Gasteiger partial charge in [-0.2, -0.15) is 0 Å². The van der Waals surface area contributed by atoms with Crippen LogP contribution in [-0.2, 0) is 4.74 Å². The summed E-state index contributed by atoms with van der Waals surface area (Å²) in [4.78, 5) is 16.0. The smallest absolute Gasteiger partial charge is 0.410 e. The number of nitrogens with zero attached hydrogens (tertiary/aromatic N) is 2. The van der Waals surface area contributed by atoms with E-state index in [9.17, 15) is 14.3 Å². The van der Waals surface area contributed by atoms with Crippen LogP contribution in [0.25, 0.3) is 0 Å². The van der Waals surface area contributed by atoms with E-state index >= 15 is 0 Å². The summed E-state index contributed by atoms with van der Waals surface area (Å²) in [6, 6.07) is 5.90. The zero-order valence-electron chi connectivity index (χ0n) is 14.8. The summed E-state index contributed by atoms with van der Waals surface area (Å²) in [6.45, 7) is 9.88. The van der Waals surface area contributed by atoms with Crippen molar-refractivity contribution in [2.45, 2.75) is 45.4 Å². The second kappa shape index (κ2) is 7.49. The lowest BCUT2D eigenvalue weighted by molar-refractivity contribution is -0.00421. The standard InChI is InChI=1S/C18H27FN2O3/c1-13-11-20(9-10-21(13)17(23)24-18(2,3)4)12-16(22)14-5-7-15(19)8-6-14/h5-8,13,16,22H,9-12H2,1-4H3/t13-,16?/m1/s1. The summed E-state index contributed by atoms with van der Waals surface area (Å²) in [5, 5.41) is 10.3. The van der Waals surface area contributed by atoms with Crippen molar-refractivity contribution in [3.8, 4) is 0 Å². The molecule has 2 rings (SSSR count). The van der Waals surface area contributed by atoms with Gasteiger partial charge in [-0.3, -0.25) is 4.90 Å². The van der Waals surface area contributed by atoms with E-state index in [-0.39, 0.29) is 18.0 Å². The molecule has 2 atom stereocenters. The van der Waals surface area contributed by atoms with Crippen molar-refractivity contribution < 1.29 is 19.0 Å². The van der Waals surface area contributed by atoms with Gasteiger partial charge >= 0.3 is 6.09 Å². The molecule has 1 fully saturated rings. The normalized spacial score (nSPS) is 20.8. The van der Waals surface area contributed by atoms with Gasteiger partial charge in [-0.1, -0.05) is 12.1 Å². The van der Waals surface area contributed by atoms with Crippen LogP contribution in [0.4, 0.5) is 9.18 Å². The third-order valence-electron chi connectivity index (χ3n) is 4.03. The first kappa shape index (κ1) is 18.7. The Morgan fingerprint density at radius 2 is 1.96 bits per heavy atom. The molecule has 1 amide bonds. The summed E-state index contributed by atoms with van der Waals surface area (Å²) in [5.41, 5.74) is 0.186. The van der Waals surface area contributed by atoms with Gasteiger partial charge in [0.1, 0.15) is 11.4 Å². The van der Waals surface area contributed by atoms with Crippen LogP contribution >= 0.6 is 0 Å². The summed E-state index contributed by atoms with van der Waals surface area (Å²) in [6.07, 6.45) is -0.973. The molecule has 0 bridgehead atoms. The van der Waals surface area contributed by atoms with Gasteiger partial charge in [0.2, 0.25) is 0 Å². The Morgan fingerprint density at radius 1 is 1.33 bits per heavy atom. The number of benzene rings is 1. The number of hydrogen-bond acceptors (Lipinski definition) is 4. The lowest BCUT2D eigenvalue weighted by Crippen LogP contribution is -2.55. The molecule has 0 aromatic heterocycles. The number of aliphatic hydroxyl groups excluding tert-OH is 1. The lowest BCUT2D eigenvalue weighted by Gasteiger charge is -2.40. The largest absolute Gasteiger partial charge is 0.444 e. The number of carbonyl (C=O) groups is 1. The van der Waals surface area contributed by atoms with E-state index in [1.54, 1.807) is 17.0 Å². The minimum absolute atomic E-state index is 0.00835. The Kier molecular flexibility index (Phi) is 5.83. The van der Waals surface area contributed by atoms with Crippen LogP contribution in [0.3, 0.4) is 0 Å². The molecule has 1 aliphatic rings. The number of aliphatic hydroxyl groups is 1. The first-order chi connectivity index (χ1) is 11.2. The van der Waals surface area contributed by atoms with Crippen LogP contribution in [0.1, 0.15) is 39.4 Å². The van der Waals surface area contributed by atoms with Gasteiger partial charge in [0.05, 0.1) is 6.10 Å². The van der Waals surface area contributed by atoms with Crippen molar-refractivity contribution in [2.24, 2.45) is 0 Å². The Hall–Kier alpha value is -1.66. The van der Waals surface area contributed by atoms with Crippen LogP contribution in [-0.4, -0.2) is 58.8 Å². The lowest BCUT2D eigenvalue weighted by atomic mass is 10.1. The molecule has 1 aliphatic heterocycles. The van der Waals surface area contributed by atoms with E-state index < -0.39 is 11.7 Å². The molecule has 0 aliphatic carbocycles. The van der Waals surface area contributed by atoms with E-state index in [2.05, 4.69) is 4.90 Å². The molecular formula is C18H27FN2O3. The van der Waals surface area contributed by atoms with Gasteiger partial charge < -0.3 is 14.7 Å². The second-order valence-corrected chi connectivity index (χ2v) is 7.35. The predicted octanol–water partition coefficient (Wildman–Crippen LogP) is 2.80. The third-order valence-corrected chi connectivity index (χ3v) is 4.03. The van der Waals surface area contributed by atoms with E-state index in [1.165, 1.54) is 12.1 Å². The fraction of sp³-hybridized carbons (Fsp3) is 0.611. The molecule has 134 valence electrons. The van der Waals surface area contributed by atoms with Crippen molar-refractivity contribution >= 4 is 6.09 Å². The summed E-state index contributed by atoms with van der Waals surface area (Å²) >= 11 is 0. The number of rotatable bonds is 3. The van der Waals surface area contributed by atoms with Crippen molar-refractivity contribution in [2.75, 3.05) is 26.2 Å². The van der Waals surface area contributed by atoms with Crippen LogP contribution in [0, 0.1) is 5.82 Å². The topological polar surface area (TPSA) is 53.0 Å². The quantitative estimate of drug-likeness (QED) is 0.921. The number of hydrogen-bond donors (Lipinski definition) is 1. The van der Waals surface area contributed by atoms with Gasteiger partial charge in [0.15, 0.2) is 0 Å². The average molecular weight is 338 g/mol. The predicted molar refractivity (Wildman–Crippen MR) is 90.2 cm³/mol. The van der Waals surface area contributed by atoms with Crippen molar-refractivity contribution in [1.82, 2.24) is 9.80 Å². The molecule has 1 heterocycles. The zero-order chi connectivity index (χ0) is 17.9. The molecule has 1 saturated heterocycles. The third kappa shape index (κ3) is 5.18. The summed E-state index contributed by atoms with van der Waals surface area (Å²) in [5.74, 6) is -0.314. The molecule has 0 saturated carbocycles. The van der Waals surface area contributed by atoms with Crippen LogP contribution < -0.4 is 0 Å². The summed E-state index contributed by atoms with van der Waals surface area (Å²) in [7, 11) is 0. The maximum atomic E-state index is 13.0. The molecule has 0 spiro atoms. The average Bonchev–Trinajstić information content (AvgIpc) is 2.46. The molecule has 24 heavy (non-hydrogen) atoms. The Bertz CT molecular complexity index is 556. The van der Waals surface area contributed by atoms with Gasteiger partial charge in [-0.25, -0.2) is 9.18 Å². The molecule has 5 nitrogen and oxygen atoms in total. The fourth-order valence-corrected chi connectivity index (χ4v) is 2.83. The number of halogens is 1. The van der Waals surface area contributed by atoms with Crippen molar-refractivity contribution in [1.29, 1.82) is 0 Å². The fourth-order valence-electron chi connectivity index (χ4n) is 2.83. The molecule has 1 N–H and O–H groups in total. The Balaban J connectivity index is 1.88. The zero-order valence-corrected chi connectivity index (χ0v) is 14.8. The minimum atomic E-state index is -0.675. The highest BCUT2D eigenvalue weighted by Crippen LogP contribution is 2.19. The Morgan fingerprint density at radius 3 is 2.50 bits per heavy atom. The molecule has 1 aromatic rings. The first-order valence-corrected chi connectivity index (χ1v) is 8.31. The number of ether oxygens (including phenoxy) is 1. The SMILES string of the molecule is C[C@@H]1CN(CC(O)c2ccc(F)cc2)CCN1C(=O)OC(C)(C)C. The van der Waals surface area contributed by atoms with Crippen LogP contribution in [0.5, 0.6) is 0 Å². The van der Waals surface area contributed by atoms with Crippen LogP contribution in [0.15, 0.2) is 24.3 Å². The second-order valence-electron chi connectivity index (χ2n) is 7.35. The Labute approximate surface area is 143 Å². The van der Waals surface area contributed by atoms with Gasteiger partial charge in [0.25, 0.3) is 0 Å². The number of β-amino-alcohol motifs (C(OH)–C–C–N with tert-alkyl or cyclic N) is 1. The van der Waals surface area contributed by atoms with E-state index in [1.807, 2.05) is 27.7 Å². The highest BCUT2D eigenvalue weighted by molar-refractivity contribution is 5.68. The van der Waals surface area contributed by atoms with Gasteiger partial charge in [0, 0.05) is 32.2 Å². The van der Waals surface area contributed by atoms with Crippen LogP contribution in [0.2, 0.25) is 0 Å². The minimum Gasteiger partial charge on any atom is -0.444 e. The molecular weight excluding hydrogens is 311 g/mol. The number of carbonyl (C=O) groups excluding carboxylic acids is 1. The first-order valence-electron chi connectivity index (χ1n) is 8.31. The van der Waals surface area contributed by atoms with Gasteiger partial charge in [-0.05, 0) is 45.4 Å². The van der Waals surface area contributed by atoms with E-state index in [0.29, 0.717) is 31.7 Å². The molecule has 0 radical (unpaired) electrons. The van der Waals surface area contributed by atoms with E-state index in [0.717, 1.165) is 0 Å². The maximum Gasteiger partial charge on any atom is 0.410 e. The maximum absolute atomic E-state index is 13.0. The molecule has 1 aromatic carbocycles. The number of amides is 1. The highest BCUT2D eigenvalue weighted by atomic mass is 19.1. The highest BCUT2D eigenvalue weighted by Gasteiger charge is 2.31. The van der Waals surface area contributed by atoms with E-state index in [4.69, 9.17) is 4.74 Å². The van der Waals surface area contributed by atoms with Gasteiger partial charge in [-0.15, -0.1) is 0 Å². The molecule has 6 heteroatoms. The van der Waals surface area contributed by atoms with Crippen molar-refractivity contribution in [3.05, 3.63) is 35.6 Å². The molecule has 1 unspecified atom stereocenters. The monoisotopic (exact) mass is 338 g/mol. The summed E-state index contributed by atoms with van der Waals surface area (Å²) < 4.78 is 18.4. The number of piperazine rings is 1. The van der Waals surface area contributed by atoms with Crippen molar-refractivity contribution in [3.63, 3.8) is 0 Å².